The molecular formula is C17H35NO. The van der Waals surface area contributed by atoms with Gasteiger partial charge in [-0.2, -0.15) is 0 Å². The van der Waals surface area contributed by atoms with Crippen LogP contribution in [0.25, 0.3) is 0 Å². The predicted octanol–water partition coefficient (Wildman–Crippen LogP) is 4.06. The smallest absolute Gasteiger partial charge is 0.122 e. The lowest BCUT2D eigenvalue weighted by Gasteiger charge is -2.13. The Morgan fingerprint density at radius 3 is 1.47 bits per heavy atom. The molecule has 2 heteroatoms. The number of ether oxygens (including phenoxy) is 1. The first-order valence-corrected chi connectivity index (χ1v) is 6.93. The fourth-order valence-electron chi connectivity index (χ4n) is 0.589. The molecule has 0 saturated carbocycles. The van der Waals surface area contributed by atoms with E-state index >= 15 is 0 Å². The van der Waals surface area contributed by atoms with Gasteiger partial charge >= 0.3 is 0 Å². The zero-order valence-corrected chi connectivity index (χ0v) is 15.1. The fraction of sp³-hybridized carbons (Fsp3) is 0.765. The maximum atomic E-state index is 5.00. The molecule has 19 heavy (non-hydrogen) atoms. The highest BCUT2D eigenvalue weighted by atomic mass is 16.5. The quantitative estimate of drug-likeness (QED) is 0.701. The standard InChI is InChI=1S/C7H12O.C6H11N.2C2H6/c1-5-6-7(2,3)8-4;1-4-5-6-7(2)3;2*1-2/h1-4H3;6H2,1-3H3;2*1-2H3. The molecule has 0 fully saturated rings. The maximum Gasteiger partial charge on any atom is 0.122 e. The highest BCUT2D eigenvalue weighted by molar-refractivity contribution is 5.08. The summed E-state index contributed by atoms with van der Waals surface area (Å²) in [4.78, 5) is 2.04. The van der Waals surface area contributed by atoms with E-state index in [9.17, 15) is 0 Å². The molecule has 0 rings (SSSR count). The first-order chi connectivity index (χ1) is 8.89. The summed E-state index contributed by atoms with van der Waals surface area (Å²) in [5.74, 6) is 11.4. The molecule has 0 aromatic heterocycles. The Morgan fingerprint density at radius 1 is 0.947 bits per heavy atom. The van der Waals surface area contributed by atoms with E-state index in [2.05, 4.69) is 23.7 Å². The zero-order valence-electron chi connectivity index (χ0n) is 15.1. The van der Waals surface area contributed by atoms with E-state index in [1.54, 1.807) is 14.0 Å². The lowest BCUT2D eigenvalue weighted by Crippen LogP contribution is -2.18. The molecule has 0 amide bonds. The van der Waals surface area contributed by atoms with Crippen molar-refractivity contribution in [2.45, 2.75) is 61.0 Å². The van der Waals surface area contributed by atoms with Crippen molar-refractivity contribution in [1.29, 1.82) is 0 Å². The van der Waals surface area contributed by atoms with Crippen molar-refractivity contribution >= 4 is 0 Å². The zero-order chi connectivity index (χ0) is 16.3. The van der Waals surface area contributed by atoms with Gasteiger partial charge in [0.1, 0.15) is 5.60 Å². The third-order valence-electron chi connectivity index (χ3n) is 1.51. The van der Waals surface area contributed by atoms with Gasteiger partial charge in [0, 0.05) is 7.11 Å². The Balaban J connectivity index is -0.0000000941. The van der Waals surface area contributed by atoms with Gasteiger partial charge < -0.3 is 4.74 Å². The first-order valence-electron chi connectivity index (χ1n) is 6.93. The summed E-state index contributed by atoms with van der Waals surface area (Å²) in [5.41, 5.74) is -0.269. The van der Waals surface area contributed by atoms with Crippen LogP contribution in [0.2, 0.25) is 0 Å². The second kappa shape index (κ2) is 22.2. The second-order valence-electron chi connectivity index (χ2n) is 3.75. The minimum atomic E-state index is -0.269. The predicted molar refractivity (Wildman–Crippen MR) is 89.2 cm³/mol. The van der Waals surface area contributed by atoms with E-state index in [0.29, 0.717) is 0 Å². The van der Waals surface area contributed by atoms with E-state index < -0.39 is 0 Å². The Morgan fingerprint density at radius 2 is 1.37 bits per heavy atom. The second-order valence-corrected chi connectivity index (χ2v) is 3.75. The fourth-order valence-corrected chi connectivity index (χ4v) is 0.589. The molecule has 0 N–H and O–H groups in total. The van der Waals surface area contributed by atoms with Crippen LogP contribution in [0, 0.1) is 23.7 Å². The molecule has 0 bridgehead atoms. The Kier molecular flexibility index (Phi) is 31.1. The van der Waals surface area contributed by atoms with Gasteiger partial charge in [-0.1, -0.05) is 39.5 Å². The summed E-state index contributed by atoms with van der Waals surface area (Å²) in [7, 11) is 5.67. The van der Waals surface area contributed by atoms with Gasteiger partial charge in [-0.15, -0.1) is 11.8 Å². The van der Waals surface area contributed by atoms with Crippen LogP contribution >= 0.6 is 0 Å². The van der Waals surface area contributed by atoms with Gasteiger partial charge in [-0.05, 0) is 41.8 Å². The third-order valence-corrected chi connectivity index (χ3v) is 1.51. The summed E-state index contributed by atoms with van der Waals surface area (Å²) >= 11 is 0. The van der Waals surface area contributed by atoms with Crippen LogP contribution in [0.4, 0.5) is 0 Å². The number of methoxy groups -OCH3 is 1. The summed E-state index contributed by atoms with van der Waals surface area (Å²) in [6.07, 6.45) is 0. The van der Waals surface area contributed by atoms with Crippen LogP contribution in [0.15, 0.2) is 0 Å². The molecule has 2 nitrogen and oxygen atoms in total. The van der Waals surface area contributed by atoms with E-state index in [1.807, 2.05) is 67.5 Å². The van der Waals surface area contributed by atoms with Crippen LogP contribution in [0.3, 0.4) is 0 Å². The van der Waals surface area contributed by atoms with E-state index in [4.69, 9.17) is 4.74 Å². The third kappa shape index (κ3) is 38.2. The molecule has 0 spiro atoms. The summed E-state index contributed by atoms with van der Waals surface area (Å²) in [6.45, 7) is 16.4. The lowest BCUT2D eigenvalue weighted by atomic mass is 10.1. The molecule has 0 atom stereocenters. The molecule has 0 saturated heterocycles. The largest absolute Gasteiger partial charge is 0.366 e. The topological polar surface area (TPSA) is 12.5 Å². The van der Waals surface area contributed by atoms with Gasteiger partial charge in [0.05, 0.1) is 6.54 Å². The normalized spacial score (nSPS) is 7.79. The van der Waals surface area contributed by atoms with Crippen LogP contribution in [0.1, 0.15) is 55.4 Å². The van der Waals surface area contributed by atoms with Gasteiger partial charge in [-0.3, -0.25) is 4.90 Å². The summed E-state index contributed by atoms with van der Waals surface area (Å²) < 4.78 is 5.00. The molecule has 0 aliphatic carbocycles. The highest BCUT2D eigenvalue weighted by Crippen LogP contribution is 2.03. The summed E-state index contributed by atoms with van der Waals surface area (Å²) in [5, 5.41) is 0. The molecule has 0 aliphatic heterocycles. The van der Waals surface area contributed by atoms with Crippen LogP contribution in [-0.2, 0) is 4.74 Å². The monoisotopic (exact) mass is 269 g/mol. The number of hydrogen-bond donors (Lipinski definition) is 0. The molecule has 0 heterocycles. The number of hydrogen-bond acceptors (Lipinski definition) is 2. The maximum absolute atomic E-state index is 5.00. The lowest BCUT2D eigenvalue weighted by molar-refractivity contribution is 0.0741. The van der Waals surface area contributed by atoms with Crippen molar-refractivity contribution in [2.24, 2.45) is 0 Å². The van der Waals surface area contributed by atoms with Crippen LogP contribution in [0.5, 0.6) is 0 Å². The van der Waals surface area contributed by atoms with Gasteiger partial charge in [0.15, 0.2) is 0 Å². The number of nitrogens with zero attached hydrogens (tertiary/aromatic N) is 1. The SMILES string of the molecule is CC.CC.CC#CC(C)(C)OC.CC#CCN(C)C. The van der Waals surface area contributed by atoms with Crippen molar-refractivity contribution in [3.63, 3.8) is 0 Å². The van der Waals surface area contributed by atoms with Gasteiger partial charge in [-0.25, -0.2) is 0 Å². The van der Waals surface area contributed by atoms with E-state index in [0.717, 1.165) is 6.54 Å². The van der Waals surface area contributed by atoms with Gasteiger partial charge in [0.2, 0.25) is 0 Å². The summed E-state index contributed by atoms with van der Waals surface area (Å²) in [6, 6.07) is 0. The number of rotatable bonds is 2. The molecule has 0 aromatic rings. The van der Waals surface area contributed by atoms with Crippen LogP contribution < -0.4 is 0 Å². The Bertz CT molecular complexity index is 258. The van der Waals surface area contributed by atoms with Crippen LogP contribution in [-0.4, -0.2) is 38.3 Å². The van der Waals surface area contributed by atoms with Crippen molar-refractivity contribution < 1.29 is 4.74 Å². The van der Waals surface area contributed by atoms with Crippen molar-refractivity contribution in [1.82, 2.24) is 4.90 Å². The Labute approximate surface area is 122 Å². The highest BCUT2D eigenvalue weighted by Gasteiger charge is 2.09. The molecule has 0 radical (unpaired) electrons. The molecule has 0 aliphatic rings. The molecule has 0 unspecified atom stereocenters. The van der Waals surface area contributed by atoms with Crippen molar-refractivity contribution in [3.05, 3.63) is 0 Å². The average molecular weight is 269 g/mol. The van der Waals surface area contributed by atoms with Crippen molar-refractivity contribution in [3.8, 4) is 23.7 Å². The van der Waals surface area contributed by atoms with E-state index in [-0.39, 0.29) is 5.60 Å². The average Bonchev–Trinajstić information content (AvgIpc) is 2.41. The molecule has 114 valence electrons. The first kappa shape index (κ1) is 26.6. The Hall–Kier alpha value is -0.960. The minimum absolute atomic E-state index is 0.269. The molecular weight excluding hydrogens is 234 g/mol. The minimum Gasteiger partial charge on any atom is -0.366 e. The van der Waals surface area contributed by atoms with E-state index in [1.165, 1.54) is 0 Å². The van der Waals surface area contributed by atoms with Gasteiger partial charge in [0.25, 0.3) is 0 Å². The molecule has 0 aromatic carbocycles. The van der Waals surface area contributed by atoms with Crippen molar-refractivity contribution in [2.75, 3.05) is 27.7 Å².